The molecule has 3 nitrogen and oxygen atoms in total. The van der Waals surface area contributed by atoms with Crippen LogP contribution in [0, 0.1) is 0 Å². The van der Waals surface area contributed by atoms with E-state index in [0.717, 1.165) is 72.3 Å². The molecule has 0 fully saturated rings. The van der Waals surface area contributed by atoms with Crippen LogP contribution in [0.5, 0.6) is 0 Å². The van der Waals surface area contributed by atoms with Crippen molar-refractivity contribution in [2.24, 2.45) is 0 Å². The predicted octanol–water partition coefficient (Wildman–Crippen LogP) is 15.8. The van der Waals surface area contributed by atoms with Gasteiger partial charge in [-0.05, 0) is 90.0 Å². The molecule has 61 heavy (non-hydrogen) atoms. The lowest BCUT2D eigenvalue weighted by Crippen LogP contribution is -1.97. The highest BCUT2D eigenvalue weighted by molar-refractivity contribution is 6.20. The van der Waals surface area contributed by atoms with Gasteiger partial charge in [-0.2, -0.15) is 0 Å². The minimum Gasteiger partial charge on any atom is -0.456 e. The van der Waals surface area contributed by atoms with E-state index in [1.165, 1.54) is 43.4 Å². The van der Waals surface area contributed by atoms with Gasteiger partial charge in [-0.1, -0.05) is 194 Å². The van der Waals surface area contributed by atoms with E-state index in [9.17, 15) is 0 Å². The molecule has 0 bridgehead atoms. The molecule has 0 atom stereocenters. The SMILES string of the molecule is c1ccc(-c2nc(-c3ccc(-c4ccc(-c5c6ccccc6cc6c5ccc5ccccc56)cc4)cc3)cc(-c3ccccc3-c3cccc4oc5ccccc5c34)n2)cc1. The van der Waals surface area contributed by atoms with Crippen LogP contribution >= 0.6 is 0 Å². The van der Waals surface area contributed by atoms with Gasteiger partial charge in [0.05, 0.1) is 11.4 Å². The number of para-hydroxylation sites is 1. The number of benzene rings is 10. The average Bonchev–Trinajstić information content (AvgIpc) is 3.73. The van der Waals surface area contributed by atoms with Crippen LogP contribution in [-0.2, 0) is 0 Å². The molecule has 284 valence electrons. The normalized spacial score (nSPS) is 11.6. The number of nitrogens with zero attached hydrogens (tertiary/aromatic N) is 2. The van der Waals surface area contributed by atoms with Gasteiger partial charge in [0.2, 0.25) is 0 Å². The predicted molar refractivity (Wildman–Crippen MR) is 254 cm³/mol. The molecule has 0 aliphatic heterocycles. The zero-order valence-electron chi connectivity index (χ0n) is 33.1. The highest BCUT2D eigenvalue weighted by atomic mass is 16.3. The summed E-state index contributed by atoms with van der Waals surface area (Å²) in [6.45, 7) is 0. The molecule has 0 aliphatic carbocycles. The molecule has 0 N–H and O–H groups in total. The average molecular weight is 777 g/mol. The second kappa shape index (κ2) is 14.3. The van der Waals surface area contributed by atoms with Gasteiger partial charge in [-0.15, -0.1) is 0 Å². The molecule has 10 aromatic carbocycles. The largest absolute Gasteiger partial charge is 0.456 e. The number of furan rings is 1. The van der Waals surface area contributed by atoms with Crippen LogP contribution in [0.4, 0.5) is 0 Å². The van der Waals surface area contributed by atoms with Crippen LogP contribution in [0.3, 0.4) is 0 Å². The molecule has 0 amide bonds. The first-order chi connectivity index (χ1) is 30.2. The van der Waals surface area contributed by atoms with Gasteiger partial charge in [0.15, 0.2) is 5.82 Å². The molecule has 0 aliphatic rings. The van der Waals surface area contributed by atoms with E-state index in [2.05, 4.69) is 182 Å². The summed E-state index contributed by atoms with van der Waals surface area (Å²) >= 11 is 0. The first kappa shape index (κ1) is 34.9. The molecular formula is C58H36N2O. The van der Waals surface area contributed by atoms with E-state index < -0.39 is 0 Å². The highest BCUT2D eigenvalue weighted by Gasteiger charge is 2.18. The summed E-state index contributed by atoms with van der Waals surface area (Å²) in [5.41, 5.74) is 13.5. The Kier molecular flexibility index (Phi) is 8.17. The molecule has 12 rings (SSSR count). The number of hydrogen-bond acceptors (Lipinski definition) is 3. The van der Waals surface area contributed by atoms with Crippen molar-refractivity contribution in [3.05, 3.63) is 218 Å². The zero-order chi connectivity index (χ0) is 40.3. The van der Waals surface area contributed by atoms with Crippen LogP contribution in [0.15, 0.2) is 223 Å². The van der Waals surface area contributed by atoms with Crippen molar-refractivity contribution in [1.29, 1.82) is 0 Å². The molecule has 0 radical (unpaired) electrons. The van der Waals surface area contributed by atoms with Crippen LogP contribution in [-0.4, -0.2) is 9.97 Å². The summed E-state index contributed by atoms with van der Waals surface area (Å²) in [7, 11) is 0. The fourth-order valence-corrected chi connectivity index (χ4v) is 9.18. The Morgan fingerprint density at radius 3 is 1.69 bits per heavy atom. The third kappa shape index (κ3) is 5.98. The summed E-state index contributed by atoms with van der Waals surface area (Å²) in [5, 5.41) is 9.79. The Balaban J connectivity index is 0.936. The molecular weight excluding hydrogens is 741 g/mol. The van der Waals surface area contributed by atoms with Crippen molar-refractivity contribution in [2.45, 2.75) is 0 Å². The fourth-order valence-electron chi connectivity index (χ4n) is 9.18. The Labute approximate surface area is 352 Å². The lowest BCUT2D eigenvalue weighted by atomic mass is 9.89. The van der Waals surface area contributed by atoms with E-state index in [4.69, 9.17) is 14.4 Å². The topological polar surface area (TPSA) is 38.9 Å². The number of hydrogen-bond donors (Lipinski definition) is 0. The number of rotatable bonds is 6. The van der Waals surface area contributed by atoms with Gasteiger partial charge in [-0.25, -0.2) is 9.97 Å². The van der Waals surface area contributed by atoms with Crippen LogP contribution < -0.4 is 0 Å². The summed E-state index contributed by atoms with van der Waals surface area (Å²) in [6.07, 6.45) is 0. The quantitative estimate of drug-likeness (QED) is 0.125. The molecule has 2 heterocycles. The second-order valence-electron chi connectivity index (χ2n) is 15.7. The van der Waals surface area contributed by atoms with Crippen molar-refractivity contribution in [3.8, 4) is 67.3 Å². The Bertz CT molecular complexity index is 3620. The van der Waals surface area contributed by atoms with Gasteiger partial charge in [0, 0.05) is 27.5 Å². The first-order valence-corrected chi connectivity index (χ1v) is 20.7. The van der Waals surface area contributed by atoms with E-state index in [1.54, 1.807) is 0 Å². The van der Waals surface area contributed by atoms with Gasteiger partial charge in [0.1, 0.15) is 11.2 Å². The fraction of sp³-hybridized carbons (Fsp3) is 0. The Morgan fingerprint density at radius 2 is 0.885 bits per heavy atom. The molecule has 2 aromatic heterocycles. The van der Waals surface area contributed by atoms with Crippen molar-refractivity contribution in [3.63, 3.8) is 0 Å². The molecule has 3 heteroatoms. The van der Waals surface area contributed by atoms with E-state index in [-0.39, 0.29) is 0 Å². The Hall–Kier alpha value is -8.14. The molecule has 0 saturated heterocycles. The van der Waals surface area contributed by atoms with E-state index in [1.807, 2.05) is 36.4 Å². The Morgan fingerprint density at radius 1 is 0.295 bits per heavy atom. The smallest absolute Gasteiger partial charge is 0.160 e. The maximum Gasteiger partial charge on any atom is 0.160 e. The van der Waals surface area contributed by atoms with Crippen molar-refractivity contribution in [1.82, 2.24) is 9.97 Å². The summed E-state index contributed by atoms with van der Waals surface area (Å²) < 4.78 is 6.30. The standard InChI is InChI=1S/C58H36N2O/c1-2-14-42(15-3-1)58-59-52(36-53(60-58)47-20-9-8-19-46(47)48-22-12-24-55-57(48)50-21-10-11-23-54(50)61-55)40-29-25-37(26-30-40)38-27-31-41(32-28-38)56-45-18-7-5-16-43(45)35-51-44-17-6-4-13-39(44)33-34-49(51)56/h1-36H. The van der Waals surface area contributed by atoms with Gasteiger partial charge in [0.25, 0.3) is 0 Å². The van der Waals surface area contributed by atoms with Crippen LogP contribution in [0.1, 0.15) is 0 Å². The van der Waals surface area contributed by atoms with Crippen LogP contribution in [0.2, 0.25) is 0 Å². The third-order valence-electron chi connectivity index (χ3n) is 12.1. The molecule has 0 unspecified atom stereocenters. The minimum atomic E-state index is 0.684. The van der Waals surface area contributed by atoms with Crippen molar-refractivity contribution in [2.75, 3.05) is 0 Å². The molecule has 0 saturated carbocycles. The number of aromatic nitrogens is 2. The zero-order valence-corrected chi connectivity index (χ0v) is 33.1. The second-order valence-corrected chi connectivity index (χ2v) is 15.7. The van der Waals surface area contributed by atoms with Gasteiger partial charge < -0.3 is 4.42 Å². The lowest BCUT2D eigenvalue weighted by molar-refractivity contribution is 0.669. The minimum absolute atomic E-state index is 0.684. The summed E-state index contributed by atoms with van der Waals surface area (Å²) in [5.74, 6) is 0.684. The van der Waals surface area contributed by atoms with Gasteiger partial charge in [-0.3, -0.25) is 0 Å². The number of fused-ring (bicyclic) bond motifs is 7. The summed E-state index contributed by atoms with van der Waals surface area (Å²) in [4.78, 5) is 10.4. The monoisotopic (exact) mass is 776 g/mol. The van der Waals surface area contributed by atoms with E-state index in [0.29, 0.717) is 5.82 Å². The molecule has 12 aromatic rings. The van der Waals surface area contributed by atoms with Crippen LogP contribution in [0.25, 0.3) is 122 Å². The maximum atomic E-state index is 6.30. The maximum absolute atomic E-state index is 6.30. The van der Waals surface area contributed by atoms with Gasteiger partial charge >= 0.3 is 0 Å². The third-order valence-corrected chi connectivity index (χ3v) is 12.1. The van der Waals surface area contributed by atoms with E-state index >= 15 is 0 Å². The lowest BCUT2D eigenvalue weighted by Gasteiger charge is -2.15. The first-order valence-electron chi connectivity index (χ1n) is 20.7. The van der Waals surface area contributed by atoms with Crippen molar-refractivity contribution >= 4 is 54.3 Å². The summed E-state index contributed by atoms with van der Waals surface area (Å²) in [6, 6.07) is 77.5. The highest BCUT2D eigenvalue weighted by Crippen LogP contribution is 2.42. The van der Waals surface area contributed by atoms with Crippen molar-refractivity contribution < 1.29 is 4.42 Å². The molecule has 0 spiro atoms.